The fraction of sp³-hybridized carbons (Fsp3) is 0.692. The Hall–Kier alpha value is -1.32. The van der Waals surface area contributed by atoms with E-state index in [1.54, 1.807) is 13.4 Å². The maximum Gasteiger partial charge on any atom is 0.183 e. The lowest BCUT2D eigenvalue weighted by atomic mass is 9.91. The molecule has 0 radical (unpaired) electrons. The standard InChI is InChI=1S/C13H21N3O/c1-13(2,3)11-10(17-4)12(15-9-14-11)16-7-5-6-8-16/h9H,5-8H2,1-4H3. The van der Waals surface area contributed by atoms with Crippen LogP contribution < -0.4 is 9.64 Å². The molecule has 0 unspecified atom stereocenters. The SMILES string of the molecule is COc1c(N2CCCC2)ncnc1C(C)(C)C. The van der Waals surface area contributed by atoms with Crippen LogP contribution in [0.4, 0.5) is 5.82 Å². The average Bonchev–Trinajstić information content (AvgIpc) is 2.80. The van der Waals surface area contributed by atoms with Gasteiger partial charge in [0.15, 0.2) is 11.6 Å². The molecule has 1 saturated heterocycles. The first-order valence-corrected chi connectivity index (χ1v) is 6.18. The predicted octanol–water partition coefficient (Wildman–Crippen LogP) is 2.38. The molecule has 0 N–H and O–H groups in total. The molecule has 0 amide bonds. The zero-order chi connectivity index (χ0) is 12.5. The molecule has 0 aromatic carbocycles. The highest BCUT2D eigenvalue weighted by Crippen LogP contribution is 2.36. The fourth-order valence-electron chi connectivity index (χ4n) is 2.24. The average molecular weight is 235 g/mol. The van der Waals surface area contributed by atoms with Crippen LogP contribution in [0.15, 0.2) is 6.33 Å². The summed E-state index contributed by atoms with van der Waals surface area (Å²) in [6.07, 6.45) is 4.12. The minimum Gasteiger partial charge on any atom is -0.491 e. The second-order valence-electron chi connectivity index (χ2n) is 5.52. The lowest BCUT2D eigenvalue weighted by molar-refractivity contribution is 0.389. The summed E-state index contributed by atoms with van der Waals surface area (Å²) in [4.78, 5) is 11.1. The molecular weight excluding hydrogens is 214 g/mol. The molecule has 94 valence electrons. The van der Waals surface area contributed by atoms with E-state index in [1.807, 2.05) is 0 Å². The Labute approximate surface area is 103 Å². The molecule has 1 fully saturated rings. The van der Waals surface area contributed by atoms with Crippen LogP contribution in [0.25, 0.3) is 0 Å². The number of aromatic nitrogens is 2. The summed E-state index contributed by atoms with van der Waals surface area (Å²) in [5.74, 6) is 1.78. The van der Waals surface area contributed by atoms with Crippen molar-refractivity contribution in [1.82, 2.24) is 9.97 Å². The lowest BCUT2D eigenvalue weighted by Crippen LogP contribution is -2.23. The van der Waals surface area contributed by atoms with Crippen molar-refractivity contribution in [2.24, 2.45) is 0 Å². The Kier molecular flexibility index (Phi) is 3.22. The summed E-state index contributed by atoms with van der Waals surface area (Å²) in [6.45, 7) is 8.57. The van der Waals surface area contributed by atoms with E-state index in [4.69, 9.17) is 4.74 Å². The third kappa shape index (κ3) is 2.35. The van der Waals surface area contributed by atoms with Gasteiger partial charge in [-0.05, 0) is 12.8 Å². The van der Waals surface area contributed by atoms with Gasteiger partial charge in [0, 0.05) is 18.5 Å². The van der Waals surface area contributed by atoms with Crippen molar-refractivity contribution in [2.75, 3.05) is 25.1 Å². The van der Waals surface area contributed by atoms with Crippen molar-refractivity contribution in [2.45, 2.75) is 39.0 Å². The van der Waals surface area contributed by atoms with Crippen LogP contribution in [0, 0.1) is 0 Å². The molecule has 4 heteroatoms. The van der Waals surface area contributed by atoms with Crippen LogP contribution >= 0.6 is 0 Å². The molecule has 1 aliphatic rings. The predicted molar refractivity (Wildman–Crippen MR) is 68.7 cm³/mol. The van der Waals surface area contributed by atoms with Crippen molar-refractivity contribution in [3.8, 4) is 5.75 Å². The van der Waals surface area contributed by atoms with E-state index in [0.717, 1.165) is 30.4 Å². The second-order valence-corrected chi connectivity index (χ2v) is 5.52. The van der Waals surface area contributed by atoms with Crippen molar-refractivity contribution >= 4 is 5.82 Å². The molecule has 2 heterocycles. The normalized spacial score (nSPS) is 16.4. The van der Waals surface area contributed by atoms with Gasteiger partial charge in [-0.3, -0.25) is 0 Å². The summed E-state index contributed by atoms with van der Waals surface area (Å²) in [5, 5.41) is 0. The topological polar surface area (TPSA) is 38.2 Å². The molecule has 1 aliphatic heterocycles. The Bertz CT molecular complexity index is 392. The van der Waals surface area contributed by atoms with E-state index < -0.39 is 0 Å². The number of rotatable bonds is 2. The zero-order valence-electron chi connectivity index (χ0n) is 11.2. The molecule has 4 nitrogen and oxygen atoms in total. The van der Waals surface area contributed by atoms with Gasteiger partial charge in [0.1, 0.15) is 6.33 Å². The second kappa shape index (κ2) is 4.51. The monoisotopic (exact) mass is 235 g/mol. The molecule has 0 atom stereocenters. The first kappa shape index (κ1) is 12.1. The van der Waals surface area contributed by atoms with E-state index in [0.29, 0.717) is 0 Å². The van der Waals surface area contributed by atoms with Gasteiger partial charge in [-0.2, -0.15) is 0 Å². The Morgan fingerprint density at radius 3 is 2.35 bits per heavy atom. The van der Waals surface area contributed by atoms with Gasteiger partial charge in [0.05, 0.1) is 12.8 Å². The molecule has 0 bridgehead atoms. The van der Waals surface area contributed by atoms with Crippen LogP contribution in [-0.4, -0.2) is 30.2 Å². The minimum absolute atomic E-state index is 0.0250. The maximum absolute atomic E-state index is 5.55. The summed E-state index contributed by atoms with van der Waals surface area (Å²) < 4.78 is 5.55. The maximum atomic E-state index is 5.55. The van der Waals surface area contributed by atoms with Crippen LogP contribution in [0.1, 0.15) is 39.3 Å². The highest BCUT2D eigenvalue weighted by atomic mass is 16.5. The number of hydrogen-bond acceptors (Lipinski definition) is 4. The fourth-order valence-corrected chi connectivity index (χ4v) is 2.24. The van der Waals surface area contributed by atoms with Gasteiger partial charge in [0.25, 0.3) is 0 Å². The Morgan fingerprint density at radius 1 is 1.18 bits per heavy atom. The summed E-state index contributed by atoms with van der Waals surface area (Å²) >= 11 is 0. The van der Waals surface area contributed by atoms with E-state index in [1.165, 1.54) is 12.8 Å². The van der Waals surface area contributed by atoms with Gasteiger partial charge in [0.2, 0.25) is 0 Å². The van der Waals surface area contributed by atoms with Crippen LogP contribution in [0.3, 0.4) is 0 Å². The van der Waals surface area contributed by atoms with Gasteiger partial charge in [-0.25, -0.2) is 9.97 Å². The number of nitrogens with zero attached hydrogens (tertiary/aromatic N) is 3. The quantitative estimate of drug-likeness (QED) is 0.789. The third-order valence-corrected chi connectivity index (χ3v) is 3.11. The van der Waals surface area contributed by atoms with Crippen molar-refractivity contribution in [1.29, 1.82) is 0 Å². The number of anilines is 1. The van der Waals surface area contributed by atoms with Crippen LogP contribution in [-0.2, 0) is 5.41 Å². The smallest absolute Gasteiger partial charge is 0.183 e. The Morgan fingerprint density at radius 2 is 1.82 bits per heavy atom. The van der Waals surface area contributed by atoms with Crippen molar-refractivity contribution < 1.29 is 4.74 Å². The van der Waals surface area contributed by atoms with Crippen LogP contribution in [0.5, 0.6) is 5.75 Å². The largest absolute Gasteiger partial charge is 0.491 e. The Balaban J connectivity index is 2.45. The number of hydrogen-bond donors (Lipinski definition) is 0. The highest BCUT2D eigenvalue weighted by molar-refractivity contribution is 5.56. The molecular formula is C13H21N3O. The molecule has 2 rings (SSSR count). The molecule has 1 aromatic rings. The van der Waals surface area contributed by atoms with Gasteiger partial charge >= 0.3 is 0 Å². The summed E-state index contributed by atoms with van der Waals surface area (Å²) in [6, 6.07) is 0. The summed E-state index contributed by atoms with van der Waals surface area (Å²) in [7, 11) is 1.70. The molecule has 17 heavy (non-hydrogen) atoms. The highest BCUT2D eigenvalue weighted by Gasteiger charge is 2.26. The van der Waals surface area contributed by atoms with Crippen molar-refractivity contribution in [3.05, 3.63) is 12.0 Å². The van der Waals surface area contributed by atoms with Crippen LogP contribution in [0.2, 0.25) is 0 Å². The first-order chi connectivity index (χ1) is 8.04. The lowest BCUT2D eigenvalue weighted by Gasteiger charge is -2.25. The number of methoxy groups -OCH3 is 1. The van der Waals surface area contributed by atoms with E-state index in [9.17, 15) is 0 Å². The molecule has 0 saturated carbocycles. The van der Waals surface area contributed by atoms with Crippen molar-refractivity contribution in [3.63, 3.8) is 0 Å². The van der Waals surface area contributed by atoms with Gasteiger partial charge < -0.3 is 9.64 Å². The minimum atomic E-state index is -0.0250. The van der Waals surface area contributed by atoms with Gasteiger partial charge in [-0.15, -0.1) is 0 Å². The van der Waals surface area contributed by atoms with E-state index in [2.05, 4.69) is 35.6 Å². The summed E-state index contributed by atoms with van der Waals surface area (Å²) in [5.41, 5.74) is 0.958. The zero-order valence-corrected chi connectivity index (χ0v) is 11.2. The molecule has 0 spiro atoms. The van der Waals surface area contributed by atoms with E-state index >= 15 is 0 Å². The van der Waals surface area contributed by atoms with Gasteiger partial charge in [-0.1, -0.05) is 20.8 Å². The molecule has 0 aliphatic carbocycles. The molecule has 1 aromatic heterocycles. The van der Waals surface area contributed by atoms with E-state index in [-0.39, 0.29) is 5.41 Å². The number of ether oxygens (including phenoxy) is 1. The first-order valence-electron chi connectivity index (χ1n) is 6.18. The third-order valence-electron chi connectivity index (χ3n) is 3.11.